The summed E-state index contributed by atoms with van der Waals surface area (Å²) < 4.78 is 1.55. The minimum Gasteiger partial charge on any atom is -0.311 e. The fraction of sp³-hybridized carbons (Fsp3) is 0.308. The summed E-state index contributed by atoms with van der Waals surface area (Å²) in [4.78, 5) is 10.6. The van der Waals surface area contributed by atoms with Gasteiger partial charge in [-0.2, -0.15) is 5.10 Å². The van der Waals surface area contributed by atoms with Crippen molar-refractivity contribution in [1.82, 2.24) is 15.1 Å². The smallest absolute Gasteiger partial charge is 0.294 e. The van der Waals surface area contributed by atoms with E-state index >= 15 is 0 Å². The molecule has 1 aromatic heterocycles. The van der Waals surface area contributed by atoms with Gasteiger partial charge in [0.2, 0.25) is 0 Å². The van der Waals surface area contributed by atoms with Crippen LogP contribution in [0, 0.1) is 17.0 Å². The lowest BCUT2D eigenvalue weighted by molar-refractivity contribution is -0.384. The van der Waals surface area contributed by atoms with Gasteiger partial charge in [0, 0.05) is 18.8 Å². The van der Waals surface area contributed by atoms with Gasteiger partial charge >= 0.3 is 0 Å². The largest absolute Gasteiger partial charge is 0.311 e. The van der Waals surface area contributed by atoms with Crippen molar-refractivity contribution >= 4 is 5.69 Å². The van der Waals surface area contributed by atoms with Crippen molar-refractivity contribution in [3.63, 3.8) is 0 Å². The van der Waals surface area contributed by atoms with Crippen LogP contribution in [0.5, 0.6) is 0 Å². The molecule has 0 aliphatic heterocycles. The number of nitro groups is 1. The number of hydrogen-bond acceptors (Lipinski definition) is 4. The number of nitrogens with zero attached hydrogens (tertiary/aromatic N) is 3. The molecule has 6 nitrogen and oxygen atoms in total. The van der Waals surface area contributed by atoms with Gasteiger partial charge in [0.1, 0.15) is 5.69 Å². The van der Waals surface area contributed by atoms with E-state index in [1.54, 1.807) is 23.0 Å². The summed E-state index contributed by atoms with van der Waals surface area (Å²) in [5.74, 6) is 0. The molecule has 0 atom stereocenters. The number of aryl methyl sites for hydroxylation is 1. The van der Waals surface area contributed by atoms with Crippen molar-refractivity contribution in [2.75, 3.05) is 6.54 Å². The Morgan fingerprint density at radius 1 is 1.42 bits per heavy atom. The summed E-state index contributed by atoms with van der Waals surface area (Å²) in [6.45, 7) is 5.43. The van der Waals surface area contributed by atoms with E-state index in [2.05, 4.69) is 10.4 Å². The van der Waals surface area contributed by atoms with Crippen LogP contribution in [0.3, 0.4) is 0 Å². The van der Waals surface area contributed by atoms with Crippen LogP contribution in [0.1, 0.15) is 18.2 Å². The average molecular weight is 260 g/mol. The molecule has 0 bridgehead atoms. The minimum absolute atomic E-state index is 0.0590. The lowest BCUT2D eigenvalue weighted by Crippen LogP contribution is -2.12. The first-order valence-corrected chi connectivity index (χ1v) is 6.12. The van der Waals surface area contributed by atoms with Crippen molar-refractivity contribution in [1.29, 1.82) is 0 Å². The maximum Gasteiger partial charge on any atom is 0.294 e. The zero-order valence-electron chi connectivity index (χ0n) is 11.0. The van der Waals surface area contributed by atoms with Crippen molar-refractivity contribution in [3.8, 4) is 5.69 Å². The zero-order valence-corrected chi connectivity index (χ0v) is 11.0. The second kappa shape index (κ2) is 5.62. The lowest BCUT2D eigenvalue weighted by atomic mass is 10.2. The van der Waals surface area contributed by atoms with E-state index in [-0.39, 0.29) is 10.6 Å². The zero-order chi connectivity index (χ0) is 13.8. The molecule has 19 heavy (non-hydrogen) atoms. The molecule has 0 saturated carbocycles. The van der Waals surface area contributed by atoms with Crippen LogP contribution in [0.25, 0.3) is 5.69 Å². The lowest BCUT2D eigenvalue weighted by Gasteiger charge is -2.04. The Labute approximate surface area is 111 Å². The molecule has 0 amide bonds. The number of aromatic nitrogens is 2. The second-order valence-electron chi connectivity index (χ2n) is 4.28. The minimum atomic E-state index is -0.388. The second-order valence-corrected chi connectivity index (χ2v) is 4.28. The van der Waals surface area contributed by atoms with Gasteiger partial charge in [-0.05, 0) is 31.2 Å². The monoisotopic (exact) mass is 260 g/mol. The molecule has 1 aromatic carbocycles. The average Bonchev–Trinajstić information content (AvgIpc) is 2.84. The third-order valence-corrected chi connectivity index (χ3v) is 2.77. The Morgan fingerprint density at radius 3 is 2.89 bits per heavy atom. The summed E-state index contributed by atoms with van der Waals surface area (Å²) in [6, 6.07) is 6.86. The van der Waals surface area contributed by atoms with Gasteiger partial charge in [-0.3, -0.25) is 10.1 Å². The molecule has 0 radical (unpaired) electrons. The topological polar surface area (TPSA) is 73.0 Å². The Balaban J connectivity index is 2.37. The molecule has 0 aliphatic rings. The maximum absolute atomic E-state index is 11.0. The fourth-order valence-corrected chi connectivity index (χ4v) is 1.81. The highest BCUT2D eigenvalue weighted by atomic mass is 16.6. The summed E-state index contributed by atoms with van der Waals surface area (Å²) in [7, 11) is 0. The third-order valence-electron chi connectivity index (χ3n) is 2.77. The standard InChI is InChI=1S/C13H16N4O2/c1-3-14-9-11-6-7-16(15-11)13-8-10(2)4-5-12(13)17(18)19/h4-8,14H,3,9H2,1-2H3. The first kappa shape index (κ1) is 13.2. The summed E-state index contributed by atoms with van der Waals surface area (Å²) in [5.41, 5.74) is 2.37. The van der Waals surface area contributed by atoms with Gasteiger partial charge in [0.25, 0.3) is 5.69 Å². The first-order valence-electron chi connectivity index (χ1n) is 6.12. The number of nitrogens with one attached hydrogen (secondary N) is 1. The molecular formula is C13H16N4O2. The highest BCUT2D eigenvalue weighted by Gasteiger charge is 2.15. The molecule has 1 N–H and O–H groups in total. The van der Waals surface area contributed by atoms with Crippen LogP contribution in [0.15, 0.2) is 30.5 Å². The van der Waals surface area contributed by atoms with Crippen LogP contribution < -0.4 is 5.32 Å². The molecule has 2 rings (SSSR count). The Bertz CT molecular complexity index is 592. The normalized spacial score (nSPS) is 10.6. The highest BCUT2D eigenvalue weighted by molar-refractivity contribution is 5.53. The summed E-state index contributed by atoms with van der Waals surface area (Å²) >= 11 is 0. The third kappa shape index (κ3) is 2.97. The quantitative estimate of drug-likeness (QED) is 0.660. The molecule has 0 saturated heterocycles. The Kier molecular flexibility index (Phi) is 3.91. The first-order chi connectivity index (χ1) is 9.11. The van der Waals surface area contributed by atoms with Gasteiger partial charge in [-0.25, -0.2) is 4.68 Å². The molecule has 0 spiro atoms. The summed E-state index contributed by atoms with van der Waals surface area (Å²) in [6.07, 6.45) is 1.74. The van der Waals surface area contributed by atoms with Gasteiger partial charge in [0.05, 0.1) is 10.6 Å². The van der Waals surface area contributed by atoms with E-state index < -0.39 is 0 Å². The SMILES string of the molecule is CCNCc1ccn(-c2cc(C)ccc2[N+](=O)[O-])n1. The van der Waals surface area contributed by atoms with Crippen LogP contribution in [-0.2, 0) is 6.54 Å². The molecule has 0 fully saturated rings. The molecule has 0 unspecified atom stereocenters. The van der Waals surface area contributed by atoms with Gasteiger partial charge in [-0.15, -0.1) is 0 Å². The maximum atomic E-state index is 11.0. The molecule has 2 aromatic rings. The van der Waals surface area contributed by atoms with E-state index in [1.807, 2.05) is 19.9 Å². The predicted octanol–water partition coefficient (Wildman–Crippen LogP) is 2.20. The van der Waals surface area contributed by atoms with E-state index in [9.17, 15) is 10.1 Å². The number of benzene rings is 1. The molecule has 6 heteroatoms. The Morgan fingerprint density at radius 2 is 2.21 bits per heavy atom. The summed E-state index contributed by atoms with van der Waals surface area (Å²) in [5, 5.41) is 18.6. The van der Waals surface area contributed by atoms with Crippen LogP contribution >= 0.6 is 0 Å². The van der Waals surface area contributed by atoms with E-state index in [1.165, 1.54) is 6.07 Å². The Hall–Kier alpha value is -2.21. The van der Waals surface area contributed by atoms with E-state index in [4.69, 9.17) is 0 Å². The number of rotatable bonds is 5. The number of nitro benzene ring substituents is 1. The molecular weight excluding hydrogens is 244 g/mol. The predicted molar refractivity (Wildman–Crippen MR) is 72.3 cm³/mol. The number of hydrogen-bond donors (Lipinski definition) is 1. The van der Waals surface area contributed by atoms with Crippen LogP contribution in [-0.4, -0.2) is 21.2 Å². The highest BCUT2D eigenvalue weighted by Crippen LogP contribution is 2.23. The molecule has 100 valence electrons. The van der Waals surface area contributed by atoms with Gasteiger partial charge < -0.3 is 5.32 Å². The molecule has 1 heterocycles. The van der Waals surface area contributed by atoms with E-state index in [0.717, 1.165) is 17.8 Å². The van der Waals surface area contributed by atoms with Crippen molar-refractivity contribution in [3.05, 3.63) is 51.8 Å². The van der Waals surface area contributed by atoms with Crippen molar-refractivity contribution < 1.29 is 4.92 Å². The van der Waals surface area contributed by atoms with Crippen molar-refractivity contribution in [2.45, 2.75) is 20.4 Å². The van der Waals surface area contributed by atoms with Crippen LogP contribution in [0.2, 0.25) is 0 Å². The van der Waals surface area contributed by atoms with Gasteiger partial charge in [-0.1, -0.05) is 13.0 Å². The van der Waals surface area contributed by atoms with Crippen molar-refractivity contribution in [2.24, 2.45) is 0 Å². The molecule has 0 aliphatic carbocycles. The van der Waals surface area contributed by atoms with Gasteiger partial charge in [0.15, 0.2) is 0 Å². The van der Waals surface area contributed by atoms with E-state index in [0.29, 0.717) is 12.2 Å². The van der Waals surface area contributed by atoms with Crippen LogP contribution in [0.4, 0.5) is 5.69 Å². The fourth-order valence-electron chi connectivity index (χ4n) is 1.81.